The Bertz CT molecular complexity index is 371. The molecule has 0 radical (unpaired) electrons. The monoisotopic (exact) mass is 232 g/mol. The van der Waals surface area contributed by atoms with E-state index in [1.54, 1.807) is 0 Å². The van der Waals surface area contributed by atoms with Crippen molar-refractivity contribution < 1.29 is 5.11 Å². The van der Waals surface area contributed by atoms with E-state index >= 15 is 0 Å². The summed E-state index contributed by atoms with van der Waals surface area (Å²) in [4.78, 5) is 0. The number of unbranched alkanes of at least 4 members (excludes halogenated alkanes) is 2. The second-order valence-electron chi connectivity index (χ2n) is 4.20. The number of hydrogen-bond acceptors (Lipinski definition) is 3. The first kappa shape index (κ1) is 13.7. The van der Waals surface area contributed by atoms with Gasteiger partial charge in [0.1, 0.15) is 0 Å². The first-order valence-corrected chi connectivity index (χ1v) is 6.12. The lowest BCUT2D eigenvalue weighted by Crippen LogP contribution is -2.19. The molecule has 2 N–H and O–H groups in total. The summed E-state index contributed by atoms with van der Waals surface area (Å²) >= 11 is 0. The summed E-state index contributed by atoms with van der Waals surface area (Å²) in [5, 5.41) is 20.9. The van der Waals surface area contributed by atoms with Crippen LogP contribution in [0, 0.1) is 11.3 Å². The zero-order chi connectivity index (χ0) is 12.5. The van der Waals surface area contributed by atoms with Crippen LogP contribution in [0.2, 0.25) is 0 Å². The summed E-state index contributed by atoms with van der Waals surface area (Å²) in [6.45, 7) is 3.32. The highest BCUT2D eigenvalue weighted by atomic mass is 16.2. The van der Waals surface area contributed by atoms with Gasteiger partial charge in [-0.15, -0.1) is 0 Å². The van der Waals surface area contributed by atoms with Crippen molar-refractivity contribution in [3.05, 3.63) is 35.4 Å². The van der Waals surface area contributed by atoms with Crippen molar-refractivity contribution in [2.45, 2.75) is 32.2 Å². The van der Waals surface area contributed by atoms with Crippen molar-refractivity contribution in [1.82, 2.24) is 5.32 Å². The SMILES string of the molecule is CC(NCCCCCO)c1cccc(C#N)c1. The summed E-state index contributed by atoms with van der Waals surface area (Å²) in [6.07, 6.45) is 3.00. The lowest BCUT2D eigenvalue weighted by atomic mass is 10.1. The van der Waals surface area contributed by atoms with Crippen molar-refractivity contribution in [1.29, 1.82) is 5.26 Å². The van der Waals surface area contributed by atoms with Crippen molar-refractivity contribution in [3.8, 4) is 6.07 Å². The quantitative estimate of drug-likeness (QED) is 0.710. The first-order valence-electron chi connectivity index (χ1n) is 6.12. The van der Waals surface area contributed by atoms with Gasteiger partial charge in [-0.2, -0.15) is 5.26 Å². The van der Waals surface area contributed by atoms with E-state index in [4.69, 9.17) is 10.4 Å². The van der Waals surface area contributed by atoms with Crippen LogP contribution in [0.1, 0.15) is 43.4 Å². The van der Waals surface area contributed by atoms with Gasteiger partial charge in [-0.3, -0.25) is 0 Å². The second kappa shape index (κ2) is 7.83. The third-order valence-corrected chi connectivity index (χ3v) is 2.80. The van der Waals surface area contributed by atoms with E-state index in [1.807, 2.05) is 24.3 Å². The molecule has 17 heavy (non-hydrogen) atoms. The predicted molar refractivity (Wildman–Crippen MR) is 68.5 cm³/mol. The standard InChI is InChI=1S/C14H20N2O/c1-12(16-8-3-2-4-9-17)14-7-5-6-13(10-14)11-15/h5-7,10,12,16-17H,2-4,8-9H2,1H3. The summed E-state index contributed by atoms with van der Waals surface area (Å²) < 4.78 is 0. The number of benzene rings is 1. The van der Waals surface area contributed by atoms with Crippen LogP contribution in [0.3, 0.4) is 0 Å². The number of nitrogens with one attached hydrogen (secondary N) is 1. The van der Waals surface area contributed by atoms with Crippen LogP contribution in [0.5, 0.6) is 0 Å². The van der Waals surface area contributed by atoms with Crippen LogP contribution < -0.4 is 5.32 Å². The van der Waals surface area contributed by atoms with Gasteiger partial charge in [-0.05, 0) is 50.4 Å². The molecule has 0 heterocycles. The molecule has 0 aliphatic heterocycles. The Kier molecular flexibility index (Phi) is 6.31. The van der Waals surface area contributed by atoms with Crippen LogP contribution in [0.15, 0.2) is 24.3 Å². The molecule has 0 saturated carbocycles. The minimum absolute atomic E-state index is 0.262. The molecule has 0 aliphatic carbocycles. The molecule has 92 valence electrons. The van der Waals surface area contributed by atoms with Gasteiger partial charge in [0, 0.05) is 12.6 Å². The Morgan fingerprint density at radius 3 is 2.88 bits per heavy atom. The second-order valence-corrected chi connectivity index (χ2v) is 4.20. The molecule has 0 aromatic heterocycles. The average molecular weight is 232 g/mol. The fourth-order valence-electron chi connectivity index (χ4n) is 1.73. The Labute approximate surface area is 103 Å². The smallest absolute Gasteiger partial charge is 0.0991 e. The van der Waals surface area contributed by atoms with Gasteiger partial charge in [-0.25, -0.2) is 0 Å². The lowest BCUT2D eigenvalue weighted by molar-refractivity contribution is 0.282. The highest BCUT2D eigenvalue weighted by molar-refractivity contribution is 5.33. The zero-order valence-corrected chi connectivity index (χ0v) is 10.3. The molecule has 3 heteroatoms. The summed E-state index contributed by atoms with van der Waals surface area (Å²) in [5.74, 6) is 0. The maximum absolute atomic E-state index is 8.82. The number of aliphatic hydroxyl groups excluding tert-OH is 1. The summed E-state index contributed by atoms with van der Waals surface area (Å²) in [5.41, 5.74) is 1.85. The molecular formula is C14H20N2O. The van der Waals surface area contributed by atoms with E-state index < -0.39 is 0 Å². The fraction of sp³-hybridized carbons (Fsp3) is 0.500. The van der Waals surface area contributed by atoms with E-state index in [9.17, 15) is 0 Å². The maximum Gasteiger partial charge on any atom is 0.0991 e. The van der Waals surface area contributed by atoms with E-state index in [0.717, 1.165) is 31.4 Å². The molecule has 3 nitrogen and oxygen atoms in total. The minimum Gasteiger partial charge on any atom is -0.396 e. The van der Waals surface area contributed by atoms with Gasteiger partial charge in [0.2, 0.25) is 0 Å². The summed E-state index contributed by atoms with van der Waals surface area (Å²) in [7, 11) is 0. The fourth-order valence-corrected chi connectivity index (χ4v) is 1.73. The third kappa shape index (κ3) is 4.99. The number of nitrogens with zero attached hydrogens (tertiary/aromatic N) is 1. The van der Waals surface area contributed by atoms with Crippen molar-refractivity contribution in [2.24, 2.45) is 0 Å². The average Bonchev–Trinajstić information content (AvgIpc) is 2.38. The Morgan fingerprint density at radius 1 is 1.35 bits per heavy atom. The molecule has 1 aromatic rings. The van der Waals surface area contributed by atoms with E-state index in [-0.39, 0.29) is 12.6 Å². The van der Waals surface area contributed by atoms with Gasteiger partial charge in [0.25, 0.3) is 0 Å². The van der Waals surface area contributed by atoms with Gasteiger partial charge in [0.15, 0.2) is 0 Å². The van der Waals surface area contributed by atoms with Crippen LogP contribution in [0.25, 0.3) is 0 Å². The van der Waals surface area contributed by atoms with Crippen LogP contribution in [-0.4, -0.2) is 18.3 Å². The zero-order valence-electron chi connectivity index (χ0n) is 10.3. The number of aliphatic hydroxyl groups is 1. The normalized spacial score (nSPS) is 12.1. The highest BCUT2D eigenvalue weighted by Gasteiger charge is 2.04. The number of nitriles is 1. The molecule has 1 atom stereocenters. The first-order chi connectivity index (χ1) is 8.27. The van der Waals surface area contributed by atoms with Crippen molar-refractivity contribution in [2.75, 3.05) is 13.2 Å². The Morgan fingerprint density at radius 2 is 2.18 bits per heavy atom. The van der Waals surface area contributed by atoms with Gasteiger partial charge < -0.3 is 10.4 Å². The van der Waals surface area contributed by atoms with Crippen molar-refractivity contribution >= 4 is 0 Å². The van der Waals surface area contributed by atoms with E-state index in [2.05, 4.69) is 18.3 Å². The molecule has 1 unspecified atom stereocenters. The van der Waals surface area contributed by atoms with Gasteiger partial charge in [-0.1, -0.05) is 12.1 Å². The minimum atomic E-state index is 0.262. The van der Waals surface area contributed by atoms with Crippen LogP contribution in [0.4, 0.5) is 0 Å². The van der Waals surface area contributed by atoms with Gasteiger partial charge in [0.05, 0.1) is 11.6 Å². The van der Waals surface area contributed by atoms with E-state index in [0.29, 0.717) is 5.56 Å². The molecule has 0 saturated heterocycles. The van der Waals surface area contributed by atoms with E-state index in [1.165, 1.54) is 0 Å². The van der Waals surface area contributed by atoms with Crippen LogP contribution in [-0.2, 0) is 0 Å². The third-order valence-electron chi connectivity index (χ3n) is 2.80. The molecule has 0 aliphatic rings. The number of rotatable bonds is 7. The highest BCUT2D eigenvalue weighted by Crippen LogP contribution is 2.13. The predicted octanol–water partition coefficient (Wildman–Crippen LogP) is 2.37. The molecule has 0 spiro atoms. The summed E-state index contributed by atoms with van der Waals surface area (Å²) in [6, 6.07) is 10.1. The number of hydrogen-bond donors (Lipinski definition) is 2. The lowest BCUT2D eigenvalue weighted by Gasteiger charge is -2.14. The molecule has 1 aromatic carbocycles. The molecule has 0 amide bonds. The Hall–Kier alpha value is -1.37. The topological polar surface area (TPSA) is 56.0 Å². The molecule has 1 rings (SSSR count). The van der Waals surface area contributed by atoms with Gasteiger partial charge >= 0.3 is 0 Å². The van der Waals surface area contributed by atoms with Crippen LogP contribution >= 0.6 is 0 Å². The molecule has 0 fully saturated rings. The molecule has 0 bridgehead atoms. The maximum atomic E-state index is 8.82. The van der Waals surface area contributed by atoms with Crippen molar-refractivity contribution in [3.63, 3.8) is 0 Å². The Balaban J connectivity index is 2.36. The largest absolute Gasteiger partial charge is 0.396 e. The molecular weight excluding hydrogens is 212 g/mol.